The molecule has 166 valence electrons. The highest BCUT2D eigenvalue weighted by Crippen LogP contribution is 2.22. The van der Waals surface area contributed by atoms with Gasteiger partial charge in [-0.2, -0.15) is 0 Å². The third-order valence-corrected chi connectivity index (χ3v) is 6.96. The number of amides is 2. The maximum atomic E-state index is 12.6. The van der Waals surface area contributed by atoms with Crippen LogP contribution >= 0.6 is 31.9 Å². The Labute approximate surface area is 199 Å². The van der Waals surface area contributed by atoms with E-state index in [0.717, 1.165) is 26.5 Å². The van der Waals surface area contributed by atoms with Crippen LogP contribution in [0.15, 0.2) is 45.3 Å². The molecule has 0 N–H and O–H groups in total. The zero-order valence-electron chi connectivity index (χ0n) is 17.7. The van der Waals surface area contributed by atoms with Crippen LogP contribution in [0, 0.1) is 13.8 Å². The minimum atomic E-state index is -0.0727. The molecule has 2 amide bonds. The molecule has 0 bridgehead atoms. The zero-order valence-corrected chi connectivity index (χ0v) is 20.9. The van der Waals surface area contributed by atoms with Gasteiger partial charge in [-0.05, 0) is 67.8 Å². The van der Waals surface area contributed by atoms with Crippen LogP contribution in [0.25, 0.3) is 0 Å². The number of carbonyl (C=O) groups is 2. The van der Waals surface area contributed by atoms with Gasteiger partial charge in [0, 0.05) is 35.1 Å². The van der Waals surface area contributed by atoms with Gasteiger partial charge in [-0.1, -0.05) is 31.9 Å². The highest BCUT2D eigenvalue weighted by atomic mass is 79.9. The molecule has 31 heavy (non-hydrogen) atoms. The van der Waals surface area contributed by atoms with E-state index in [4.69, 9.17) is 9.47 Å². The Bertz CT molecular complexity index is 876. The normalized spacial score (nSPS) is 14.2. The van der Waals surface area contributed by atoms with E-state index in [-0.39, 0.29) is 25.0 Å². The quantitative estimate of drug-likeness (QED) is 0.533. The van der Waals surface area contributed by atoms with Crippen LogP contribution in [0.3, 0.4) is 0 Å². The molecule has 0 aromatic heterocycles. The highest BCUT2D eigenvalue weighted by molar-refractivity contribution is 9.10. The summed E-state index contributed by atoms with van der Waals surface area (Å²) >= 11 is 6.91. The van der Waals surface area contributed by atoms with Gasteiger partial charge in [0.25, 0.3) is 11.8 Å². The Morgan fingerprint density at radius 2 is 1.19 bits per heavy atom. The molecular weight excluding hydrogens is 528 g/mol. The Hall–Kier alpha value is -2.06. The largest absolute Gasteiger partial charge is 0.484 e. The molecule has 0 atom stereocenters. The topological polar surface area (TPSA) is 59.1 Å². The van der Waals surface area contributed by atoms with Gasteiger partial charge in [-0.25, -0.2) is 0 Å². The second kappa shape index (κ2) is 11.0. The van der Waals surface area contributed by atoms with Crippen molar-refractivity contribution in [3.8, 4) is 11.5 Å². The summed E-state index contributed by atoms with van der Waals surface area (Å²) in [5.41, 5.74) is 2.10. The molecule has 1 aliphatic rings. The van der Waals surface area contributed by atoms with Gasteiger partial charge in [0.1, 0.15) is 11.5 Å². The van der Waals surface area contributed by atoms with E-state index in [1.165, 1.54) is 0 Å². The molecule has 1 saturated heterocycles. The number of halogens is 2. The van der Waals surface area contributed by atoms with E-state index >= 15 is 0 Å². The van der Waals surface area contributed by atoms with E-state index < -0.39 is 0 Å². The lowest BCUT2D eigenvalue weighted by atomic mass is 10.2. The SMILES string of the molecule is Cc1cc(OCC(=O)N2CCCN(C(=O)COc3ccc(Br)c(C)c3)CC2)ccc1Br. The molecule has 3 rings (SSSR count). The number of carbonyl (C=O) groups excluding carboxylic acids is 2. The van der Waals surface area contributed by atoms with E-state index in [1.807, 2.05) is 50.2 Å². The van der Waals surface area contributed by atoms with Crippen molar-refractivity contribution in [3.63, 3.8) is 0 Å². The Morgan fingerprint density at radius 3 is 1.58 bits per heavy atom. The van der Waals surface area contributed by atoms with Crippen LogP contribution in [0.5, 0.6) is 11.5 Å². The van der Waals surface area contributed by atoms with Crippen molar-refractivity contribution in [1.82, 2.24) is 9.80 Å². The Kier molecular flexibility index (Phi) is 8.37. The maximum Gasteiger partial charge on any atom is 0.260 e. The third-order valence-electron chi connectivity index (χ3n) is 5.18. The number of hydrogen-bond acceptors (Lipinski definition) is 4. The van der Waals surface area contributed by atoms with Crippen LogP contribution in [0.1, 0.15) is 17.5 Å². The molecule has 1 fully saturated rings. The molecule has 0 saturated carbocycles. The Balaban J connectivity index is 1.46. The lowest BCUT2D eigenvalue weighted by molar-refractivity contribution is -0.135. The third kappa shape index (κ3) is 6.71. The minimum absolute atomic E-state index is 0.0128. The first-order chi connectivity index (χ1) is 14.8. The van der Waals surface area contributed by atoms with Gasteiger partial charge in [0.15, 0.2) is 13.2 Å². The summed E-state index contributed by atoms with van der Waals surface area (Å²) in [6.45, 7) is 6.12. The average molecular weight is 554 g/mol. The fraction of sp³-hybridized carbons (Fsp3) is 0.391. The predicted octanol–water partition coefficient (Wildman–Crippen LogP) is 4.35. The zero-order chi connectivity index (χ0) is 22.4. The van der Waals surface area contributed by atoms with Crippen molar-refractivity contribution in [3.05, 3.63) is 56.5 Å². The molecular formula is C23H26Br2N2O4. The van der Waals surface area contributed by atoms with Crippen LogP contribution in [-0.2, 0) is 9.59 Å². The fourth-order valence-electron chi connectivity index (χ4n) is 3.30. The van der Waals surface area contributed by atoms with Crippen molar-refractivity contribution in [2.24, 2.45) is 0 Å². The van der Waals surface area contributed by atoms with E-state index in [1.54, 1.807) is 9.80 Å². The molecule has 1 aliphatic heterocycles. The summed E-state index contributed by atoms with van der Waals surface area (Å²) in [6.07, 6.45) is 0.728. The van der Waals surface area contributed by atoms with Gasteiger partial charge in [0.05, 0.1) is 0 Å². The molecule has 2 aromatic carbocycles. The first kappa shape index (κ1) is 23.6. The number of benzene rings is 2. The summed E-state index contributed by atoms with van der Waals surface area (Å²) in [6, 6.07) is 11.3. The number of aryl methyl sites for hydroxylation is 2. The number of ether oxygens (including phenoxy) is 2. The molecule has 2 aromatic rings. The minimum Gasteiger partial charge on any atom is -0.484 e. The van der Waals surface area contributed by atoms with Gasteiger partial charge < -0.3 is 19.3 Å². The van der Waals surface area contributed by atoms with Crippen molar-refractivity contribution in [2.75, 3.05) is 39.4 Å². The second-order valence-electron chi connectivity index (χ2n) is 7.51. The summed E-state index contributed by atoms with van der Waals surface area (Å²) in [5.74, 6) is 1.19. The number of rotatable bonds is 6. The van der Waals surface area contributed by atoms with Crippen molar-refractivity contribution < 1.29 is 19.1 Å². The first-order valence-electron chi connectivity index (χ1n) is 10.2. The lowest BCUT2D eigenvalue weighted by Gasteiger charge is -2.22. The maximum absolute atomic E-state index is 12.6. The molecule has 0 radical (unpaired) electrons. The molecule has 8 heteroatoms. The monoisotopic (exact) mass is 552 g/mol. The number of nitrogens with zero attached hydrogens (tertiary/aromatic N) is 2. The van der Waals surface area contributed by atoms with Crippen LogP contribution in [-0.4, -0.2) is 61.0 Å². The summed E-state index contributed by atoms with van der Waals surface area (Å²) in [4.78, 5) is 28.7. The van der Waals surface area contributed by atoms with Gasteiger partial charge >= 0.3 is 0 Å². The predicted molar refractivity (Wildman–Crippen MR) is 127 cm³/mol. The summed E-state index contributed by atoms with van der Waals surface area (Å²) in [5, 5.41) is 0. The molecule has 6 nitrogen and oxygen atoms in total. The average Bonchev–Trinajstić information content (AvgIpc) is 3.01. The summed E-state index contributed by atoms with van der Waals surface area (Å²) in [7, 11) is 0. The van der Waals surface area contributed by atoms with Gasteiger partial charge in [0.2, 0.25) is 0 Å². The van der Waals surface area contributed by atoms with Crippen LogP contribution < -0.4 is 9.47 Å². The smallest absolute Gasteiger partial charge is 0.260 e. The van der Waals surface area contributed by atoms with Crippen LogP contribution in [0.4, 0.5) is 0 Å². The second-order valence-corrected chi connectivity index (χ2v) is 9.22. The molecule has 0 spiro atoms. The van der Waals surface area contributed by atoms with Crippen molar-refractivity contribution in [2.45, 2.75) is 20.3 Å². The van der Waals surface area contributed by atoms with E-state index in [0.29, 0.717) is 37.7 Å². The van der Waals surface area contributed by atoms with Gasteiger partial charge in [-0.15, -0.1) is 0 Å². The Morgan fingerprint density at radius 1 is 0.774 bits per heavy atom. The fourth-order valence-corrected chi connectivity index (χ4v) is 3.80. The van der Waals surface area contributed by atoms with Crippen LogP contribution in [0.2, 0.25) is 0 Å². The first-order valence-corrected chi connectivity index (χ1v) is 11.8. The number of hydrogen-bond donors (Lipinski definition) is 0. The standard InChI is InChI=1S/C23H26Br2N2O4/c1-16-12-18(4-6-20(16)24)30-14-22(28)26-8-3-9-27(11-10-26)23(29)15-31-19-5-7-21(25)17(2)13-19/h4-7,12-13H,3,8-11,14-15H2,1-2H3. The highest BCUT2D eigenvalue weighted by Gasteiger charge is 2.22. The summed E-state index contributed by atoms with van der Waals surface area (Å²) < 4.78 is 13.3. The van der Waals surface area contributed by atoms with E-state index in [9.17, 15) is 9.59 Å². The van der Waals surface area contributed by atoms with E-state index in [2.05, 4.69) is 31.9 Å². The molecule has 1 heterocycles. The van der Waals surface area contributed by atoms with Crippen molar-refractivity contribution >= 4 is 43.7 Å². The van der Waals surface area contributed by atoms with Crippen molar-refractivity contribution in [1.29, 1.82) is 0 Å². The molecule has 0 unspecified atom stereocenters. The van der Waals surface area contributed by atoms with Gasteiger partial charge in [-0.3, -0.25) is 9.59 Å². The lowest BCUT2D eigenvalue weighted by Crippen LogP contribution is -2.40. The molecule has 0 aliphatic carbocycles.